The minimum Gasteiger partial charge on any atom is -0.476 e. The molecule has 0 aromatic heterocycles. The zero-order chi connectivity index (χ0) is 32.9. The molecule has 1 saturated heterocycles. The molecule has 0 bridgehead atoms. The Balaban J connectivity index is 1.85. The molecule has 12 nitrogen and oxygen atoms in total. The fourth-order valence-electron chi connectivity index (χ4n) is 5.45. The summed E-state index contributed by atoms with van der Waals surface area (Å²) in [6.45, 7) is 16.9. The van der Waals surface area contributed by atoms with Gasteiger partial charge >= 0.3 is 12.1 Å². The van der Waals surface area contributed by atoms with Crippen LogP contribution in [0.5, 0.6) is 5.75 Å². The van der Waals surface area contributed by atoms with Crippen molar-refractivity contribution < 1.29 is 38.2 Å². The first-order chi connectivity index (χ1) is 20.6. The lowest BCUT2D eigenvalue weighted by atomic mass is 9.97. The van der Waals surface area contributed by atoms with E-state index < -0.39 is 24.0 Å². The van der Waals surface area contributed by atoms with Gasteiger partial charge in [-0.2, -0.15) is 0 Å². The number of esters is 1. The van der Waals surface area contributed by atoms with Crippen molar-refractivity contribution in [3.8, 4) is 5.75 Å². The predicted octanol–water partition coefficient (Wildman–Crippen LogP) is 4.02. The Hall–Kier alpha value is -3.83. The maximum Gasteiger partial charge on any atom is 0.412 e. The fraction of sp³-hybridized carbons (Fsp3) is 0.656. The van der Waals surface area contributed by atoms with Crippen LogP contribution in [0, 0.1) is 12.8 Å². The van der Waals surface area contributed by atoms with Crippen LogP contribution in [0.2, 0.25) is 0 Å². The first kappa shape index (κ1) is 34.7. The zero-order valence-electron chi connectivity index (χ0n) is 27.5. The SMILES string of the molecule is CCC(=O)NCCN1C(=O)C(C)(C)Oc2cc(C)c(C(=O)N(C(C)C)[C@@H]3CCCN(C(=O)O[C@@H](C)OC(=O)C(C)C)C3)cc21. The van der Waals surface area contributed by atoms with Crippen LogP contribution in [-0.4, -0.2) is 89.7 Å². The number of carbonyl (C=O) groups is 5. The van der Waals surface area contributed by atoms with Crippen molar-refractivity contribution in [2.45, 2.75) is 106 Å². The molecule has 2 heterocycles. The number of nitrogens with zero attached hydrogens (tertiary/aromatic N) is 3. The Labute approximate surface area is 260 Å². The monoisotopic (exact) mass is 616 g/mol. The third-order valence-electron chi connectivity index (χ3n) is 7.79. The molecular weight excluding hydrogens is 568 g/mol. The number of aryl methyl sites for hydroxylation is 1. The van der Waals surface area contributed by atoms with Gasteiger partial charge in [-0.05, 0) is 65.2 Å². The molecule has 0 aliphatic carbocycles. The van der Waals surface area contributed by atoms with Gasteiger partial charge in [-0.1, -0.05) is 20.8 Å². The van der Waals surface area contributed by atoms with Crippen molar-refractivity contribution in [1.29, 1.82) is 0 Å². The van der Waals surface area contributed by atoms with Crippen molar-refractivity contribution in [3.05, 3.63) is 23.3 Å². The van der Waals surface area contributed by atoms with E-state index in [-0.39, 0.29) is 55.4 Å². The quantitative estimate of drug-likeness (QED) is 0.308. The van der Waals surface area contributed by atoms with Gasteiger partial charge in [0.25, 0.3) is 11.8 Å². The number of amides is 4. The van der Waals surface area contributed by atoms with Gasteiger partial charge in [-0.15, -0.1) is 0 Å². The Kier molecular flexibility index (Phi) is 11.3. The molecule has 0 spiro atoms. The highest BCUT2D eigenvalue weighted by Crippen LogP contribution is 2.40. The number of piperidine rings is 1. The number of fused-ring (bicyclic) bond motifs is 1. The summed E-state index contributed by atoms with van der Waals surface area (Å²) in [4.78, 5) is 69.2. The molecule has 0 unspecified atom stereocenters. The largest absolute Gasteiger partial charge is 0.476 e. The van der Waals surface area contributed by atoms with E-state index in [4.69, 9.17) is 14.2 Å². The molecule has 0 saturated carbocycles. The van der Waals surface area contributed by atoms with Crippen molar-refractivity contribution in [1.82, 2.24) is 15.1 Å². The third-order valence-corrected chi connectivity index (χ3v) is 7.79. The van der Waals surface area contributed by atoms with Crippen LogP contribution in [0.1, 0.15) is 90.6 Å². The van der Waals surface area contributed by atoms with E-state index in [1.165, 1.54) is 11.8 Å². The van der Waals surface area contributed by atoms with E-state index in [1.54, 1.807) is 56.6 Å². The molecule has 1 N–H and O–H groups in total. The van der Waals surface area contributed by atoms with Crippen LogP contribution in [0.25, 0.3) is 0 Å². The van der Waals surface area contributed by atoms with Gasteiger partial charge in [0.15, 0.2) is 5.60 Å². The highest BCUT2D eigenvalue weighted by atomic mass is 16.7. The molecule has 1 aromatic rings. The van der Waals surface area contributed by atoms with Crippen molar-refractivity contribution in [3.63, 3.8) is 0 Å². The lowest BCUT2D eigenvalue weighted by Crippen LogP contribution is -2.55. The number of ether oxygens (including phenoxy) is 3. The van der Waals surface area contributed by atoms with Gasteiger partial charge in [0.1, 0.15) is 5.75 Å². The lowest BCUT2D eigenvalue weighted by molar-refractivity contribution is -0.170. The second kappa shape index (κ2) is 14.3. The molecule has 244 valence electrons. The number of nitrogens with one attached hydrogen (secondary N) is 1. The van der Waals surface area contributed by atoms with Gasteiger partial charge in [0.2, 0.25) is 12.2 Å². The molecule has 12 heteroatoms. The number of rotatable bonds is 10. The van der Waals surface area contributed by atoms with Gasteiger partial charge in [-0.3, -0.25) is 19.2 Å². The van der Waals surface area contributed by atoms with E-state index in [1.807, 2.05) is 20.8 Å². The first-order valence-corrected chi connectivity index (χ1v) is 15.5. The van der Waals surface area contributed by atoms with Crippen LogP contribution >= 0.6 is 0 Å². The minimum absolute atomic E-state index is 0.117. The standard InChI is InChI=1S/C32H48N4O8/c1-10-27(37)33-13-15-35-25-17-24(21(6)16-26(25)44-32(8,9)30(35)40)28(38)36(20(4)5)23-12-11-14-34(18-23)31(41)43-22(7)42-29(39)19(2)3/h16-17,19-20,22-23H,10-15,18H2,1-9H3,(H,33,37)/t22-,23+/m0/s1. The van der Waals surface area contributed by atoms with Crippen LogP contribution in [0.3, 0.4) is 0 Å². The Morgan fingerprint density at radius 2 is 1.80 bits per heavy atom. The summed E-state index contributed by atoms with van der Waals surface area (Å²) >= 11 is 0. The van der Waals surface area contributed by atoms with Gasteiger partial charge < -0.3 is 34.2 Å². The average molecular weight is 617 g/mol. The average Bonchev–Trinajstić information content (AvgIpc) is 2.94. The Morgan fingerprint density at radius 1 is 1.11 bits per heavy atom. The normalized spacial score (nSPS) is 18.3. The number of benzene rings is 1. The summed E-state index contributed by atoms with van der Waals surface area (Å²) in [5, 5.41) is 2.81. The molecule has 2 aliphatic heterocycles. The Morgan fingerprint density at radius 3 is 2.41 bits per heavy atom. The molecule has 1 fully saturated rings. The minimum atomic E-state index is -1.12. The zero-order valence-corrected chi connectivity index (χ0v) is 27.5. The van der Waals surface area contributed by atoms with Crippen molar-refractivity contribution >= 4 is 35.5 Å². The summed E-state index contributed by atoms with van der Waals surface area (Å²) in [7, 11) is 0. The molecule has 1 aromatic carbocycles. The van der Waals surface area contributed by atoms with Crippen LogP contribution in [0.15, 0.2) is 12.1 Å². The second-order valence-corrected chi connectivity index (χ2v) is 12.5. The number of likely N-dealkylation sites (tertiary alicyclic amines) is 1. The molecule has 3 rings (SSSR count). The van der Waals surface area contributed by atoms with Crippen LogP contribution < -0.4 is 15.0 Å². The smallest absolute Gasteiger partial charge is 0.412 e. The first-order valence-electron chi connectivity index (χ1n) is 15.5. The third kappa shape index (κ3) is 8.00. The summed E-state index contributed by atoms with van der Waals surface area (Å²) in [5.74, 6) is -0.934. The Bertz CT molecular complexity index is 1260. The molecule has 0 radical (unpaired) electrons. The van der Waals surface area contributed by atoms with E-state index in [9.17, 15) is 24.0 Å². The van der Waals surface area contributed by atoms with Gasteiger partial charge in [-0.25, -0.2) is 4.79 Å². The molecule has 2 atom stereocenters. The summed E-state index contributed by atoms with van der Waals surface area (Å²) in [6, 6.07) is 2.99. The summed E-state index contributed by atoms with van der Waals surface area (Å²) < 4.78 is 16.6. The molecule has 44 heavy (non-hydrogen) atoms. The van der Waals surface area contributed by atoms with E-state index in [2.05, 4.69) is 5.32 Å². The summed E-state index contributed by atoms with van der Waals surface area (Å²) in [6.07, 6.45) is 0.0436. The number of carbonyl (C=O) groups excluding carboxylic acids is 5. The van der Waals surface area contributed by atoms with Gasteiger partial charge in [0, 0.05) is 51.1 Å². The lowest BCUT2D eigenvalue weighted by Gasteiger charge is -2.42. The maximum absolute atomic E-state index is 14.2. The highest BCUT2D eigenvalue weighted by molar-refractivity contribution is 6.05. The summed E-state index contributed by atoms with van der Waals surface area (Å²) in [5.41, 5.74) is 0.465. The highest BCUT2D eigenvalue weighted by Gasteiger charge is 2.42. The maximum atomic E-state index is 14.2. The van der Waals surface area contributed by atoms with Crippen molar-refractivity contribution in [2.24, 2.45) is 5.92 Å². The molecule has 2 aliphatic rings. The predicted molar refractivity (Wildman–Crippen MR) is 164 cm³/mol. The van der Waals surface area contributed by atoms with Crippen LogP contribution in [-0.2, 0) is 23.9 Å². The molecule has 4 amide bonds. The number of anilines is 1. The number of hydrogen-bond donors (Lipinski definition) is 1. The molecular formula is C32H48N4O8. The second-order valence-electron chi connectivity index (χ2n) is 12.5. The number of hydrogen-bond acceptors (Lipinski definition) is 8. The van der Waals surface area contributed by atoms with Crippen molar-refractivity contribution in [2.75, 3.05) is 31.1 Å². The van der Waals surface area contributed by atoms with Crippen LogP contribution in [0.4, 0.5) is 10.5 Å². The van der Waals surface area contributed by atoms with E-state index in [0.29, 0.717) is 48.4 Å². The van der Waals surface area contributed by atoms with E-state index in [0.717, 1.165) is 0 Å². The van der Waals surface area contributed by atoms with Gasteiger partial charge in [0.05, 0.1) is 17.6 Å². The fourth-order valence-corrected chi connectivity index (χ4v) is 5.45. The topological polar surface area (TPSA) is 135 Å². The van der Waals surface area contributed by atoms with E-state index >= 15 is 0 Å².